The van der Waals surface area contributed by atoms with Gasteiger partial charge in [-0.2, -0.15) is 0 Å². The van der Waals surface area contributed by atoms with Crippen molar-refractivity contribution in [3.05, 3.63) is 66.2 Å². The summed E-state index contributed by atoms with van der Waals surface area (Å²) < 4.78 is 17.8. The number of hydrogen-bond acceptors (Lipinski definition) is 3. The molecule has 0 aliphatic heterocycles. The average molecular weight is 335 g/mol. The van der Waals surface area contributed by atoms with E-state index in [0.717, 1.165) is 10.4 Å². The Morgan fingerprint density at radius 2 is 1.61 bits per heavy atom. The van der Waals surface area contributed by atoms with Crippen molar-refractivity contribution in [2.24, 2.45) is 11.0 Å². The number of nitrogens with zero attached hydrogens (tertiary/aromatic N) is 1. The van der Waals surface area contributed by atoms with Crippen molar-refractivity contribution in [1.82, 2.24) is 4.83 Å². The second kappa shape index (κ2) is 8.24. The van der Waals surface area contributed by atoms with Gasteiger partial charge in [-0.05, 0) is 24.6 Å². The van der Waals surface area contributed by atoms with Crippen LogP contribution in [0.2, 0.25) is 0 Å². The highest BCUT2D eigenvalue weighted by atomic mass is 31.2. The maximum atomic E-state index is 12.0. The topological polar surface area (TPSA) is 90.8 Å². The molecule has 2 rings (SSSR count). The molecule has 0 spiro atoms. The molecule has 0 saturated heterocycles. The first kappa shape index (κ1) is 17.7. The molecule has 0 fully saturated rings. The van der Waals surface area contributed by atoms with Gasteiger partial charge in [-0.3, -0.25) is 15.6 Å². The van der Waals surface area contributed by atoms with Crippen LogP contribution in [0.5, 0.6) is 5.75 Å². The Bertz CT molecular complexity index is 634. The molecule has 0 bridgehead atoms. The van der Waals surface area contributed by atoms with E-state index in [2.05, 4.69) is 0 Å². The predicted octanol–water partition coefficient (Wildman–Crippen LogP) is 2.91. The zero-order chi connectivity index (χ0) is 16.7. The van der Waals surface area contributed by atoms with Crippen LogP contribution in [0, 0.1) is 0 Å². The summed E-state index contributed by atoms with van der Waals surface area (Å²) in [7, 11) is -3.56. The van der Waals surface area contributed by atoms with Gasteiger partial charge in [0.2, 0.25) is 0 Å². The van der Waals surface area contributed by atoms with Gasteiger partial charge in [-0.1, -0.05) is 53.4 Å². The van der Waals surface area contributed by atoms with Crippen LogP contribution < -0.4 is 15.8 Å². The van der Waals surface area contributed by atoms with E-state index in [9.17, 15) is 4.57 Å². The molecule has 6 nitrogen and oxygen atoms in total. The molecule has 1 atom stereocenters. The minimum Gasteiger partial charge on any atom is -0.397 e. The van der Waals surface area contributed by atoms with Crippen LogP contribution in [-0.2, 0) is 15.9 Å². The molecule has 0 amide bonds. The van der Waals surface area contributed by atoms with Crippen molar-refractivity contribution >= 4 is 7.59 Å². The minimum atomic E-state index is -3.56. The first-order valence-electron chi connectivity index (χ1n) is 7.29. The third-order valence-electron chi connectivity index (χ3n) is 3.09. The average Bonchev–Trinajstić information content (AvgIpc) is 2.53. The van der Waals surface area contributed by atoms with E-state index in [1.807, 2.05) is 43.3 Å². The zero-order valence-corrected chi connectivity index (χ0v) is 13.9. The maximum Gasteiger partial charge on any atom is 0.308 e. The van der Waals surface area contributed by atoms with Crippen molar-refractivity contribution in [3.63, 3.8) is 0 Å². The highest BCUT2D eigenvalue weighted by Crippen LogP contribution is 2.33. The molecule has 4 N–H and O–H groups in total. The molecule has 7 heteroatoms. The molecule has 0 heterocycles. The number of nitrogens with two attached hydrogens (primary N) is 2. The molecule has 0 aromatic heterocycles. The highest BCUT2D eigenvalue weighted by molar-refractivity contribution is 7.56. The Labute approximate surface area is 136 Å². The van der Waals surface area contributed by atoms with Crippen LogP contribution in [0.25, 0.3) is 0 Å². The number of benzene rings is 2. The summed E-state index contributed by atoms with van der Waals surface area (Å²) in [6.45, 7) is 2.48. The van der Waals surface area contributed by atoms with Gasteiger partial charge in [0.1, 0.15) is 5.75 Å². The van der Waals surface area contributed by atoms with Crippen LogP contribution in [0.15, 0.2) is 60.7 Å². The molecule has 0 aliphatic rings. The van der Waals surface area contributed by atoms with Crippen LogP contribution in [0.1, 0.15) is 12.5 Å². The van der Waals surface area contributed by atoms with Crippen LogP contribution in [-0.4, -0.2) is 17.5 Å². The van der Waals surface area contributed by atoms with Gasteiger partial charge in [0.25, 0.3) is 0 Å². The van der Waals surface area contributed by atoms with Gasteiger partial charge >= 0.3 is 7.59 Å². The summed E-state index contributed by atoms with van der Waals surface area (Å²) in [5.74, 6) is 0.513. The fourth-order valence-electron chi connectivity index (χ4n) is 1.92. The monoisotopic (exact) mass is 335 g/mol. The van der Waals surface area contributed by atoms with E-state index in [1.165, 1.54) is 0 Å². The van der Waals surface area contributed by atoms with E-state index in [1.54, 1.807) is 24.3 Å². The normalized spacial score (nSPS) is 13.0. The molecular formula is C16H22N3O3P. The van der Waals surface area contributed by atoms with Gasteiger partial charge in [0.15, 0.2) is 0 Å². The van der Waals surface area contributed by atoms with E-state index >= 15 is 0 Å². The molecule has 0 saturated carbocycles. The lowest BCUT2D eigenvalue weighted by Gasteiger charge is -2.27. The Balaban J connectivity index is 1.93. The SMILES string of the molecule is C[C@H](CN(Oc1ccccc1)P(N)(N)=O)OCc1ccccc1. The number of ether oxygens (including phenoxy) is 1. The van der Waals surface area contributed by atoms with Crippen LogP contribution >= 0.6 is 7.59 Å². The Hall–Kier alpha value is -1.69. The molecule has 0 aliphatic carbocycles. The van der Waals surface area contributed by atoms with Gasteiger partial charge in [-0.25, -0.2) is 0 Å². The van der Waals surface area contributed by atoms with E-state index < -0.39 is 7.59 Å². The third kappa shape index (κ3) is 6.14. The Morgan fingerprint density at radius 3 is 2.17 bits per heavy atom. The lowest BCUT2D eigenvalue weighted by molar-refractivity contribution is -0.0338. The predicted molar refractivity (Wildman–Crippen MR) is 90.5 cm³/mol. The summed E-state index contributed by atoms with van der Waals surface area (Å²) in [6.07, 6.45) is -0.264. The first-order valence-corrected chi connectivity index (χ1v) is 9.08. The van der Waals surface area contributed by atoms with Gasteiger partial charge < -0.3 is 9.57 Å². The summed E-state index contributed by atoms with van der Waals surface area (Å²) in [4.78, 5) is 6.64. The maximum absolute atomic E-state index is 12.0. The molecule has 2 aromatic rings. The van der Waals surface area contributed by atoms with Gasteiger partial charge in [0, 0.05) is 0 Å². The van der Waals surface area contributed by atoms with Crippen molar-refractivity contribution in [3.8, 4) is 5.75 Å². The smallest absolute Gasteiger partial charge is 0.308 e. The molecule has 124 valence electrons. The van der Waals surface area contributed by atoms with Crippen LogP contribution in [0.3, 0.4) is 0 Å². The summed E-state index contributed by atoms with van der Waals surface area (Å²) in [5.41, 5.74) is 12.2. The number of hydrogen-bond donors (Lipinski definition) is 2. The van der Waals surface area contributed by atoms with Gasteiger partial charge in [-0.15, -0.1) is 0 Å². The zero-order valence-electron chi connectivity index (χ0n) is 13.0. The fraction of sp³-hybridized carbons (Fsp3) is 0.250. The lowest BCUT2D eigenvalue weighted by atomic mass is 10.2. The fourth-order valence-corrected chi connectivity index (χ4v) is 2.62. The van der Waals surface area contributed by atoms with Crippen molar-refractivity contribution in [1.29, 1.82) is 0 Å². The number of para-hydroxylation sites is 1. The Morgan fingerprint density at radius 1 is 1.04 bits per heavy atom. The second-order valence-electron chi connectivity index (χ2n) is 5.22. The van der Waals surface area contributed by atoms with E-state index in [4.69, 9.17) is 20.6 Å². The van der Waals surface area contributed by atoms with E-state index in [0.29, 0.717) is 12.4 Å². The second-order valence-corrected chi connectivity index (χ2v) is 7.01. The minimum absolute atomic E-state index is 0.187. The molecule has 23 heavy (non-hydrogen) atoms. The highest BCUT2D eigenvalue weighted by Gasteiger charge is 2.26. The van der Waals surface area contributed by atoms with Crippen molar-refractivity contribution < 1.29 is 14.1 Å². The summed E-state index contributed by atoms with van der Waals surface area (Å²) in [6, 6.07) is 18.7. The standard InChI is InChI=1S/C16H22N3O3P/c1-14(21-13-15-8-4-2-5-9-15)12-19(23(17,18)20)22-16-10-6-3-7-11-16/h2-11,14H,12-13H2,1H3,(H4,17,18,20)/t14-/m1/s1. The largest absolute Gasteiger partial charge is 0.397 e. The first-order chi connectivity index (χ1) is 10.9. The van der Waals surface area contributed by atoms with E-state index in [-0.39, 0.29) is 12.6 Å². The number of hydroxylamine groups is 1. The van der Waals surface area contributed by atoms with Crippen LogP contribution in [0.4, 0.5) is 0 Å². The lowest BCUT2D eigenvalue weighted by Crippen LogP contribution is -2.37. The molecule has 0 unspecified atom stereocenters. The Kier molecular flexibility index (Phi) is 6.33. The summed E-state index contributed by atoms with van der Waals surface area (Å²) >= 11 is 0. The van der Waals surface area contributed by atoms with Crippen molar-refractivity contribution in [2.45, 2.75) is 19.6 Å². The molecule has 2 aromatic carbocycles. The van der Waals surface area contributed by atoms with Crippen molar-refractivity contribution in [2.75, 3.05) is 6.54 Å². The third-order valence-corrected chi connectivity index (χ3v) is 4.04. The molecular weight excluding hydrogens is 313 g/mol. The molecule has 0 radical (unpaired) electrons. The summed E-state index contributed by atoms with van der Waals surface area (Å²) in [5, 5.41) is 0. The number of rotatable bonds is 8. The van der Waals surface area contributed by atoms with Gasteiger partial charge in [0.05, 0.1) is 19.3 Å². The quantitative estimate of drug-likeness (QED) is 0.569.